The molecule has 2 heterocycles. The van der Waals surface area contributed by atoms with E-state index in [1.807, 2.05) is 30.3 Å². The fourth-order valence-electron chi connectivity index (χ4n) is 4.26. The average Bonchev–Trinajstić information content (AvgIpc) is 3.21. The molecule has 3 aromatic rings. The zero-order valence-corrected chi connectivity index (χ0v) is 17.1. The first kappa shape index (κ1) is 19.4. The SMILES string of the molecule is COc1ccc(CCC(=O)N2CCCCC2c2cc3ccccc3[nH]2)cc1OC. The van der Waals surface area contributed by atoms with E-state index >= 15 is 0 Å². The van der Waals surface area contributed by atoms with Crippen molar-refractivity contribution in [3.05, 3.63) is 59.8 Å². The van der Waals surface area contributed by atoms with Gasteiger partial charge >= 0.3 is 0 Å². The second-order valence-corrected chi connectivity index (χ2v) is 7.60. The number of aryl methyl sites for hydroxylation is 1. The van der Waals surface area contributed by atoms with Gasteiger partial charge in [-0.15, -0.1) is 0 Å². The lowest BCUT2D eigenvalue weighted by molar-refractivity contribution is -0.135. The van der Waals surface area contributed by atoms with Crippen molar-refractivity contribution >= 4 is 16.8 Å². The number of piperidine rings is 1. The van der Waals surface area contributed by atoms with Gasteiger partial charge in [0.1, 0.15) is 0 Å². The number of nitrogens with one attached hydrogen (secondary N) is 1. The van der Waals surface area contributed by atoms with Crippen molar-refractivity contribution < 1.29 is 14.3 Å². The Hall–Kier alpha value is -2.95. The number of hydrogen-bond acceptors (Lipinski definition) is 3. The molecule has 5 heteroatoms. The first-order valence-electron chi connectivity index (χ1n) is 10.3. The molecule has 1 aromatic heterocycles. The number of likely N-dealkylation sites (tertiary alicyclic amines) is 1. The summed E-state index contributed by atoms with van der Waals surface area (Å²) >= 11 is 0. The predicted octanol–water partition coefficient (Wildman–Crippen LogP) is 4.87. The van der Waals surface area contributed by atoms with Gasteiger partial charge in [0.2, 0.25) is 5.91 Å². The third-order valence-corrected chi connectivity index (χ3v) is 5.81. The van der Waals surface area contributed by atoms with Crippen LogP contribution in [0.2, 0.25) is 0 Å². The van der Waals surface area contributed by atoms with Crippen LogP contribution in [0.3, 0.4) is 0 Å². The summed E-state index contributed by atoms with van der Waals surface area (Å²) < 4.78 is 10.7. The molecule has 1 aliphatic rings. The number of carbonyl (C=O) groups excluding carboxylic acids is 1. The van der Waals surface area contributed by atoms with Crippen LogP contribution in [0.15, 0.2) is 48.5 Å². The number of benzene rings is 2. The molecule has 0 radical (unpaired) electrons. The molecule has 0 spiro atoms. The maximum Gasteiger partial charge on any atom is 0.223 e. The van der Waals surface area contributed by atoms with Crippen molar-refractivity contribution in [2.24, 2.45) is 0 Å². The highest BCUT2D eigenvalue weighted by Crippen LogP contribution is 2.33. The molecule has 1 N–H and O–H groups in total. The van der Waals surface area contributed by atoms with Crippen molar-refractivity contribution in [1.82, 2.24) is 9.88 Å². The minimum atomic E-state index is 0.133. The minimum absolute atomic E-state index is 0.133. The van der Waals surface area contributed by atoms with E-state index in [-0.39, 0.29) is 11.9 Å². The van der Waals surface area contributed by atoms with Crippen LogP contribution in [0.5, 0.6) is 11.5 Å². The van der Waals surface area contributed by atoms with Crippen molar-refractivity contribution in [3.8, 4) is 11.5 Å². The third-order valence-electron chi connectivity index (χ3n) is 5.81. The molecule has 0 bridgehead atoms. The van der Waals surface area contributed by atoms with Crippen molar-refractivity contribution in [3.63, 3.8) is 0 Å². The van der Waals surface area contributed by atoms with Gasteiger partial charge in [-0.3, -0.25) is 4.79 Å². The number of rotatable bonds is 6. The normalized spacial score (nSPS) is 16.8. The Morgan fingerprint density at radius 3 is 2.69 bits per heavy atom. The lowest BCUT2D eigenvalue weighted by Gasteiger charge is -2.35. The van der Waals surface area contributed by atoms with Crippen LogP contribution in [0, 0.1) is 0 Å². The van der Waals surface area contributed by atoms with Gasteiger partial charge in [0, 0.05) is 24.2 Å². The van der Waals surface area contributed by atoms with Crippen molar-refractivity contribution in [1.29, 1.82) is 0 Å². The highest BCUT2D eigenvalue weighted by molar-refractivity contribution is 5.81. The fraction of sp³-hybridized carbons (Fsp3) is 0.375. The van der Waals surface area contributed by atoms with Crippen LogP contribution in [-0.4, -0.2) is 36.6 Å². The summed E-state index contributed by atoms with van der Waals surface area (Å²) in [7, 11) is 3.26. The maximum atomic E-state index is 13.1. The summed E-state index contributed by atoms with van der Waals surface area (Å²) in [6, 6.07) is 16.5. The third kappa shape index (κ3) is 4.09. The Labute approximate surface area is 171 Å². The van der Waals surface area contributed by atoms with E-state index < -0.39 is 0 Å². The number of carbonyl (C=O) groups is 1. The monoisotopic (exact) mass is 392 g/mol. The van der Waals surface area contributed by atoms with Gasteiger partial charge in [-0.2, -0.15) is 0 Å². The van der Waals surface area contributed by atoms with Gasteiger partial charge < -0.3 is 19.4 Å². The molecule has 29 heavy (non-hydrogen) atoms. The van der Waals surface area contributed by atoms with Gasteiger partial charge in [0.15, 0.2) is 11.5 Å². The Morgan fingerprint density at radius 1 is 1.07 bits per heavy atom. The van der Waals surface area contributed by atoms with E-state index in [0.717, 1.165) is 42.6 Å². The van der Waals surface area contributed by atoms with Gasteiger partial charge in [0.05, 0.1) is 20.3 Å². The number of ether oxygens (including phenoxy) is 2. The maximum absolute atomic E-state index is 13.1. The Balaban J connectivity index is 1.47. The summed E-state index contributed by atoms with van der Waals surface area (Å²) in [6.45, 7) is 0.824. The number of aromatic nitrogens is 1. The number of hydrogen-bond donors (Lipinski definition) is 1. The second kappa shape index (κ2) is 8.60. The molecular weight excluding hydrogens is 364 g/mol. The molecule has 1 aliphatic heterocycles. The lowest BCUT2D eigenvalue weighted by Crippen LogP contribution is -2.38. The molecular formula is C24H28N2O3. The van der Waals surface area contributed by atoms with Gasteiger partial charge in [-0.05, 0) is 60.9 Å². The molecule has 1 amide bonds. The topological polar surface area (TPSA) is 54.6 Å². The number of aromatic amines is 1. The van der Waals surface area contributed by atoms with E-state index in [4.69, 9.17) is 9.47 Å². The molecule has 1 atom stereocenters. The highest BCUT2D eigenvalue weighted by atomic mass is 16.5. The van der Waals surface area contributed by atoms with Crippen LogP contribution in [0.25, 0.3) is 10.9 Å². The predicted molar refractivity (Wildman–Crippen MR) is 114 cm³/mol. The minimum Gasteiger partial charge on any atom is -0.493 e. The molecule has 1 unspecified atom stereocenters. The number of para-hydroxylation sites is 1. The number of amides is 1. The summed E-state index contributed by atoms with van der Waals surface area (Å²) in [5, 5.41) is 1.20. The molecule has 5 nitrogen and oxygen atoms in total. The highest BCUT2D eigenvalue weighted by Gasteiger charge is 2.28. The Bertz CT molecular complexity index is 962. The van der Waals surface area contributed by atoms with E-state index in [2.05, 4.69) is 28.1 Å². The molecule has 1 saturated heterocycles. The molecule has 152 valence electrons. The number of nitrogens with zero attached hydrogens (tertiary/aromatic N) is 1. The first-order chi connectivity index (χ1) is 14.2. The molecule has 0 saturated carbocycles. The van der Waals surface area contributed by atoms with E-state index in [0.29, 0.717) is 24.3 Å². The molecule has 4 rings (SSSR count). The summed E-state index contributed by atoms with van der Waals surface area (Å²) in [5.74, 6) is 1.62. The lowest BCUT2D eigenvalue weighted by atomic mass is 9.98. The smallest absolute Gasteiger partial charge is 0.223 e. The Morgan fingerprint density at radius 2 is 1.90 bits per heavy atom. The van der Waals surface area contributed by atoms with Crippen molar-refractivity contribution in [2.45, 2.75) is 38.1 Å². The molecule has 1 fully saturated rings. The summed E-state index contributed by atoms with van der Waals surface area (Å²) in [6.07, 6.45) is 4.41. The van der Waals surface area contributed by atoms with E-state index in [1.54, 1.807) is 14.2 Å². The zero-order valence-electron chi connectivity index (χ0n) is 17.1. The Kier molecular flexibility index (Phi) is 5.74. The second-order valence-electron chi connectivity index (χ2n) is 7.60. The molecule has 0 aliphatic carbocycles. The quantitative estimate of drug-likeness (QED) is 0.651. The van der Waals surface area contributed by atoms with Crippen LogP contribution < -0.4 is 9.47 Å². The number of H-pyrrole nitrogens is 1. The average molecular weight is 392 g/mol. The number of fused-ring (bicyclic) bond motifs is 1. The van der Waals surface area contributed by atoms with Crippen molar-refractivity contribution in [2.75, 3.05) is 20.8 Å². The van der Waals surface area contributed by atoms with Crippen LogP contribution in [0.4, 0.5) is 0 Å². The van der Waals surface area contributed by atoms with Crippen LogP contribution in [-0.2, 0) is 11.2 Å². The molecule has 2 aromatic carbocycles. The largest absolute Gasteiger partial charge is 0.493 e. The van der Waals surface area contributed by atoms with E-state index in [1.165, 1.54) is 5.39 Å². The summed E-state index contributed by atoms with van der Waals surface area (Å²) in [5.41, 5.74) is 3.35. The number of methoxy groups -OCH3 is 2. The van der Waals surface area contributed by atoms with Gasteiger partial charge in [-0.25, -0.2) is 0 Å². The van der Waals surface area contributed by atoms with Crippen LogP contribution >= 0.6 is 0 Å². The van der Waals surface area contributed by atoms with Gasteiger partial charge in [-0.1, -0.05) is 24.3 Å². The summed E-state index contributed by atoms with van der Waals surface area (Å²) in [4.78, 5) is 18.7. The fourth-order valence-corrected chi connectivity index (χ4v) is 4.26. The van der Waals surface area contributed by atoms with Crippen LogP contribution in [0.1, 0.15) is 43.0 Å². The standard InChI is InChI=1S/C24H28N2O3/c1-28-22-12-10-17(15-23(22)29-2)11-13-24(27)26-14-6-5-9-21(26)20-16-18-7-3-4-8-19(18)25-20/h3-4,7-8,10,12,15-16,21,25H,5-6,9,11,13-14H2,1-2H3. The van der Waals surface area contributed by atoms with E-state index in [9.17, 15) is 4.79 Å². The first-order valence-corrected chi connectivity index (χ1v) is 10.3. The zero-order chi connectivity index (χ0) is 20.2. The van der Waals surface area contributed by atoms with Gasteiger partial charge in [0.25, 0.3) is 0 Å².